The van der Waals surface area contributed by atoms with E-state index in [4.69, 9.17) is 4.99 Å². The zero-order valence-electron chi connectivity index (χ0n) is 15.6. The highest BCUT2D eigenvalue weighted by Crippen LogP contribution is 2.20. The quantitative estimate of drug-likeness (QED) is 0.453. The van der Waals surface area contributed by atoms with Crippen molar-refractivity contribution in [1.82, 2.24) is 5.32 Å². The number of amidine groups is 1. The number of hydrogen-bond acceptors (Lipinski definition) is 2. The molecule has 0 bridgehead atoms. The maximum absolute atomic E-state index is 11.4. The summed E-state index contributed by atoms with van der Waals surface area (Å²) in [6, 6.07) is 0. The minimum absolute atomic E-state index is 0.0331. The molecule has 0 spiro atoms. The zero-order chi connectivity index (χ0) is 17.1. The van der Waals surface area contributed by atoms with Gasteiger partial charge in [0, 0.05) is 19.9 Å². The Labute approximate surface area is 142 Å². The third kappa shape index (κ3) is 6.09. The summed E-state index contributed by atoms with van der Waals surface area (Å²) in [7, 11) is 0. The fourth-order valence-electron chi connectivity index (χ4n) is 3.43. The highest BCUT2D eigenvalue weighted by molar-refractivity contribution is 5.88. The van der Waals surface area contributed by atoms with Gasteiger partial charge in [-0.1, -0.05) is 45.1 Å². The molecule has 1 heterocycles. The number of likely N-dealkylation sites (N-methyl/N-ethyl adjacent to an activating group) is 1. The average Bonchev–Trinajstić information content (AvgIpc) is 2.93. The summed E-state index contributed by atoms with van der Waals surface area (Å²) in [6.45, 7) is 10.9. The van der Waals surface area contributed by atoms with Gasteiger partial charge in [-0.3, -0.25) is 9.28 Å². The Morgan fingerprint density at radius 1 is 1.26 bits per heavy atom. The summed E-state index contributed by atoms with van der Waals surface area (Å²) in [4.78, 5) is 16.1. The summed E-state index contributed by atoms with van der Waals surface area (Å²) in [6.07, 6.45) is 13.7. The smallest absolute Gasteiger partial charge is 0.224 e. The van der Waals surface area contributed by atoms with E-state index in [1.165, 1.54) is 38.5 Å². The molecule has 1 N–H and O–H groups in total. The van der Waals surface area contributed by atoms with Crippen molar-refractivity contribution in [1.29, 1.82) is 0 Å². The number of allylic oxidation sites excluding steroid dienone is 1. The number of rotatable bonds is 11. The molecule has 0 saturated carbocycles. The number of quaternary nitrogens is 1. The lowest BCUT2D eigenvalue weighted by molar-refractivity contribution is -0.859. The summed E-state index contributed by atoms with van der Waals surface area (Å²) >= 11 is 0. The van der Waals surface area contributed by atoms with Crippen LogP contribution in [0.25, 0.3) is 0 Å². The van der Waals surface area contributed by atoms with Crippen molar-refractivity contribution >= 4 is 11.7 Å². The van der Waals surface area contributed by atoms with Crippen LogP contribution in [-0.2, 0) is 4.79 Å². The van der Waals surface area contributed by atoms with E-state index in [-0.39, 0.29) is 12.1 Å². The van der Waals surface area contributed by atoms with Crippen molar-refractivity contribution in [3.8, 4) is 0 Å². The van der Waals surface area contributed by atoms with Crippen LogP contribution in [0.15, 0.2) is 17.1 Å². The van der Waals surface area contributed by atoms with Crippen molar-refractivity contribution < 1.29 is 9.28 Å². The first-order valence-electron chi connectivity index (χ1n) is 9.42. The molecule has 4 nitrogen and oxygen atoms in total. The SMILES string of the molecule is CCCCCCCC/C=C/C1=NCC[N+]1(CC)C(C)NC(C)=O. The van der Waals surface area contributed by atoms with E-state index < -0.39 is 0 Å². The van der Waals surface area contributed by atoms with Gasteiger partial charge in [0.05, 0.1) is 13.1 Å². The average molecular weight is 323 g/mol. The molecule has 1 rings (SSSR count). The minimum Gasteiger partial charge on any atom is -0.307 e. The van der Waals surface area contributed by atoms with Gasteiger partial charge in [-0.2, -0.15) is 0 Å². The molecule has 132 valence electrons. The maximum atomic E-state index is 11.4. The first kappa shape index (κ1) is 19.9. The van der Waals surface area contributed by atoms with Crippen molar-refractivity contribution in [2.75, 3.05) is 19.6 Å². The Balaban J connectivity index is 2.47. The monoisotopic (exact) mass is 322 g/mol. The normalized spacial score (nSPS) is 22.3. The highest BCUT2D eigenvalue weighted by Gasteiger charge is 2.40. The maximum Gasteiger partial charge on any atom is 0.224 e. The lowest BCUT2D eigenvalue weighted by Gasteiger charge is -2.38. The number of nitrogens with one attached hydrogen (secondary N) is 1. The Hall–Kier alpha value is -1.16. The van der Waals surface area contributed by atoms with E-state index in [0.717, 1.165) is 36.4 Å². The van der Waals surface area contributed by atoms with Crippen LogP contribution < -0.4 is 5.32 Å². The van der Waals surface area contributed by atoms with Gasteiger partial charge in [-0.05, 0) is 19.8 Å². The third-order valence-electron chi connectivity index (χ3n) is 4.94. The van der Waals surface area contributed by atoms with Crippen LogP contribution in [0.1, 0.15) is 72.6 Å². The Bertz CT molecular complexity index is 417. The number of amides is 1. The van der Waals surface area contributed by atoms with Crippen LogP contribution in [0, 0.1) is 0 Å². The van der Waals surface area contributed by atoms with Crippen molar-refractivity contribution in [2.45, 2.75) is 78.8 Å². The van der Waals surface area contributed by atoms with Gasteiger partial charge in [0.2, 0.25) is 11.7 Å². The largest absolute Gasteiger partial charge is 0.307 e. The molecule has 2 atom stereocenters. The van der Waals surface area contributed by atoms with Gasteiger partial charge in [0.25, 0.3) is 0 Å². The molecule has 2 unspecified atom stereocenters. The van der Waals surface area contributed by atoms with Gasteiger partial charge in [-0.25, -0.2) is 4.99 Å². The summed E-state index contributed by atoms with van der Waals surface area (Å²) < 4.78 is 0.770. The van der Waals surface area contributed by atoms with Gasteiger partial charge in [0.1, 0.15) is 6.54 Å². The molecule has 0 fully saturated rings. The molecule has 1 amide bonds. The zero-order valence-corrected chi connectivity index (χ0v) is 15.6. The van der Waals surface area contributed by atoms with Gasteiger partial charge in [-0.15, -0.1) is 0 Å². The molecule has 0 aromatic carbocycles. The predicted molar refractivity (Wildman–Crippen MR) is 98.4 cm³/mol. The fourth-order valence-corrected chi connectivity index (χ4v) is 3.43. The second-order valence-electron chi connectivity index (χ2n) is 6.65. The molecular formula is C19H36N3O+. The first-order chi connectivity index (χ1) is 11.1. The standard InChI is InChI=1S/C19H35N3O/c1-5-7-8-9-10-11-12-13-14-19-20-15-16-22(19,6-2)17(3)21-18(4)23/h13-14,17H,5-12,15-16H2,1-4H3/p+1/b14-13+. The van der Waals surface area contributed by atoms with E-state index in [2.05, 4.69) is 38.2 Å². The molecule has 0 aromatic rings. The van der Waals surface area contributed by atoms with Crippen LogP contribution in [-0.4, -0.2) is 42.0 Å². The van der Waals surface area contributed by atoms with Crippen molar-refractivity contribution in [3.63, 3.8) is 0 Å². The lowest BCUT2D eigenvalue weighted by Crippen LogP contribution is -2.62. The van der Waals surface area contributed by atoms with Crippen LogP contribution in [0.5, 0.6) is 0 Å². The number of aliphatic imine (C=N–C) groups is 1. The van der Waals surface area contributed by atoms with Gasteiger partial charge in [0.15, 0.2) is 6.17 Å². The molecular weight excluding hydrogens is 286 g/mol. The highest BCUT2D eigenvalue weighted by atomic mass is 16.1. The number of unbranched alkanes of at least 4 members (excludes halogenated alkanes) is 6. The van der Waals surface area contributed by atoms with E-state index in [1.807, 2.05) is 0 Å². The molecule has 0 saturated heterocycles. The van der Waals surface area contributed by atoms with Crippen molar-refractivity contribution in [2.24, 2.45) is 4.99 Å². The second kappa shape index (κ2) is 10.6. The number of carbonyl (C=O) groups is 1. The van der Waals surface area contributed by atoms with E-state index in [9.17, 15) is 4.79 Å². The predicted octanol–water partition coefficient (Wildman–Crippen LogP) is 4.02. The fraction of sp³-hybridized carbons (Fsp3) is 0.789. The topological polar surface area (TPSA) is 41.5 Å². The van der Waals surface area contributed by atoms with Crippen LogP contribution in [0.2, 0.25) is 0 Å². The van der Waals surface area contributed by atoms with Crippen LogP contribution in [0.3, 0.4) is 0 Å². The molecule has 23 heavy (non-hydrogen) atoms. The summed E-state index contributed by atoms with van der Waals surface area (Å²) in [5, 5.41) is 3.06. The number of nitrogens with zero attached hydrogens (tertiary/aromatic N) is 2. The second-order valence-corrected chi connectivity index (χ2v) is 6.65. The first-order valence-corrected chi connectivity index (χ1v) is 9.42. The van der Waals surface area contributed by atoms with Gasteiger partial charge < -0.3 is 5.32 Å². The van der Waals surface area contributed by atoms with E-state index in [1.54, 1.807) is 6.92 Å². The van der Waals surface area contributed by atoms with Crippen LogP contribution >= 0.6 is 0 Å². The summed E-state index contributed by atoms with van der Waals surface area (Å²) in [5.74, 6) is 1.16. The van der Waals surface area contributed by atoms with E-state index in [0.29, 0.717) is 0 Å². The molecule has 1 aliphatic heterocycles. The summed E-state index contributed by atoms with van der Waals surface area (Å²) in [5.41, 5.74) is 0. The molecule has 0 radical (unpaired) electrons. The Morgan fingerprint density at radius 3 is 2.61 bits per heavy atom. The Kier molecular flexibility index (Phi) is 9.15. The molecule has 0 aliphatic carbocycles. The molecule has 4 heteroatoms. The van der Waals surface area contributed by atoms with Crippen molar-refractivity contribution in [3.05, 3.63) is 12.2 Å². The molecule has 0 aromatic heterocycles. The minimum atomic E-state index is 0.0331. The van der Waals surface area contributed by atoms with Crippen LogP contribution in [0.4, 0.5) is 0 Å². The third-order valence-corrected chi connectivity index (χ3v) is 4.94. The van der Waals surface area contributed by atoms with E-state index >= 15 is 0 Å². The number of hydrogen-bond donors (Lipinski definition) is 1. The van der Waals surface area contributed by atoms with Gasteiger partial charge >= 0.3 is 0 Å². The lowest BCUT2D eigenvalue weighted by atomic mass is 10.1. The number of carbonyl (C=O) groups excluding carboxylic acids is 1. The molecule has 1 aliphatic rings. The Morgan fingerprint density at radius 2 is 1.96 bits per heavy atom.